The van der Waals surface area contributed by atoms with Gasteiger partial charge in [-0.05, 0) is 61.7 Å². The summed E-state index contributed by atoms with van der Waals surface area (Å²) in [7, 11) is 0. The molecule has 1 aromatic heterocycles. The summed E-state index contributed by atoms with van der Waals surface area (Å²) in [5.41, 5.74) is 3.07. The van der Waals surface area contributed by atoms with Gasteiger partial charge in [0.2, 0.25) is 0 Å². The van der Waals surface area contributed by atoms with E-state index in [9.17, 15) is 0 Å². The highest BCUT2D eigenvalue weighted by Crippen LogP contribution is 2.36. The first-order chi connectivity index (χ1) is 10.1. The molecule has 2 aromatic carbocycles. The monoisotopic (exact) mass is 421 g/mol. The number of fused-ring (bicyclic) bond motifs is 1. The zero-order valence-corrected chi connectivity index (χ0v) is 14.8. The van der Waals surface area contributed by atoms with E-state index in [1.807, 2.05) is 48.7 Å². The van der Waals surface area contributed by atoms with Crippen molar-refractivity contribution in [2.45, 2.75) is 0 Å². The van der Waals surface area contributed by atoms with E-state index >= 15 is 0 Å². The maximum absolute atomic E-state index is 5.93. The molecule has 3 rings (SSSR count). The van der Waals surface area contributed by atoms with Gasteiger partial charge in [0.05, 0.1) is 5.52 Å². The molecule has 0 saturated heterocycles. The number of hydrogen-bond donors (Lipinski definition) is 0. The second kappa shape index (κ2) is 6.30. The van der Waals surface area contributed by atoms with Crippen molar-refractivity contribution in [3.63, 3.8) is 0 Å². The minimum Gasteiger partial charge on any atom is -0.256 e. The first-order valence-corrected chi connectivity index (χ1v) is 8.28. The molecule has 0 atom stereocenters. The number of nitrogens with zero attached hydrogens (tertiary/aromatic N) is 1. The van der Waals surface area contributed by atoms with E-state index in [0.29, 0.717) is 0 Å². The van der Waals surface area contributed by atoms with Crippen LogP contribution < -0.4 is 0 Å². The molecule has 4 heteroatoms. The average Bonchev–Trinajstić information content (AvgIpc) is 2.54. The Balaban J connectivity index is 2.07. The molecule has 0 radical (unpaired) electrons. The highest BCUT2D eigenvalue weighted by atomic mass is 79.9. The van der Waals surface area contributed by atoms with Gasteiger partial charge in [0, 0.05) is 31.1 Å². The molecule has 104 valence electrons. The first-order valence-electron chi connectivity index (χ1n) is 6.31. The Hall–Kier alpha value is -1.16. The quantitative estimate of drug-likeness (QED) is 0.458. The second-order valence-electron chi connectivity index (χ2n) is 4.55. The van der Waals surface area contributed by atoms with Crippen LogP contribution in [0.1, 0.15) is 11.1 Å². The van der Waals surface area contributed by atoms with Crippen molar-refractivity contribution in [1.29, 1.82) is 0 Å². The molecule has 0 saturated carbocycles. The fraction of sp³-hybridized carbons (Fsp3) is 0. The Morgan fingerprint density at radius 1 is 0.857 bits per heavy atom. The van der Waals surface area contributed by atoms with Gasteiger partial charge in [0.1, 0.15) is 0 Å². The lowest BCUT2D eigenvalue weighted by Gasteiger charge is -2.07. The predicted molar refractivity (Wildman–Crippen MR) is 97.9 cm³/mol. The molecule has 3 aromatic rings. The summed E-state index contributed by atoms with van der Waals surface area (Å²) in [5, 5.41) is 1.84. The predicted octanol–water partition coefficient (Wildman–Crippen LogP) is 6.50. The molecular weight excluding hydrogens is 413 g/mol. The van der Waals surface area contributed by atoms with Crippen LogP contribution in [0.5, 0.6) is 0 Å². The lowest BCUT2D eigenvalue weighted by molar-refractivity contribution is 1.40. The maximum atomic E-state index is 5.93. The van der Waals surface area contributed by atoms with Crippen LogP contribution in [0.25, 0.3) is 19.9 Å². The molecular formula is C17H10Br2ClN. The Kier molecular flexibility index (Phi) is 4.43. The maximum Gasteiger partial charge on any atom is 0.0702 e. The summed E-state index contributed by atoms with van der Waals surface area (Å²) in [6.45, 7) is 0. The summed E-state index contributed by atoms with van der Waals surface area (Å²) in [5.74, 6) is 0. The van der Waals surface area contributed by atoms with Crippen molar-refractivity contribution < 1.29 is 0 Å². The van der Waals surface area contributed by atoms with E-state index in [2.05, 4.69) is 49.0 Å². The lowest BCUT2D eigenvalue weighted by atomic mass is 10.1. The van der Waals surface area contributed by atoms with Crippen molar-refractivity contribution in [3.8, 4) is 0 Å². The zero-order valence-electron chi connectivity index (χ0n) is 10.9. The Morgan fingerprint density at radius 3 is 2.29 bits per heavy atom. The standard InChI is InChI=1S/C17H10Br2ClN/c18-16(11-5-7-14(20)8-6-11)17(19)13-9-12-3-1-2-4-15(12)21-10-13/h1-10H/b17-16+. The van der Waals surface area contributed by atoms with Crippen molar-refractivity contribution >= 4 is 63.3 Å². The molecule has 0 spiro atoms. The fourth-order valence-electron chi connectivity index (χ4n) is 2.04. The Bertz CT molecular complexity index is 826. The van der Waals surface area contributed by atoms with Crippen LogP contribution in [-0.4, -0.2) is 4.98 Å². The van der Waals surface area contributed by atoms with Gasteiger partial charge in [-0.3, -0.25) is 4.98 Å². The molecule has 1 heterocycles. The fourth-order valence-corrected chi connectivity index (χ4v) is 3.11. The van der Waals surface area contributed by atoms with Gasteiger partial charge in [-0.2, -0.15) is 0 Å². The molecule has 0 fully saturated rings. The summed E-state index contributed by atoms with van der Waals surface area (Å²) in [4.78, 5) is 4.49. The van der Waals surface area contributed by atoms with Crippen molar-refractivity contribution in [2.24, 2.45) is 0 Å². The second-order valence-corrected chi connectivity index (χ2v) is 6.57. The third kappa shape index (κ3) is 3.20. The first kappa shape index (κ1) is 14.8. The molecule has 1 nitrogen and oxygen atoms in total. The number of rotatable bonds is 2. The minimum absolute atomic E-state index is 0.725. The minimum atomic E-state index is 0.725. The number of hydrogen-bond acceptors (Lipinski definition) is 1. The van der Waals surface area contributed by atoms with Crippen LogP contribution in [0.15, 0.2) is 60.8 Å². The third-order valence-corrected chi connectivity index (χ3v) is 5.63. The van der Waals surface area contributed by atoms with Crippen LogP contribution in [0, 0.1) is 0 Å². The van der Waals surface area contributed by atoms with Crippen LogP contribution in [0.2, 0.25) is 5.02 Å². The lowest BCUT2D eigenvalue weighted by Crippen LogP contribution is -1.85. The Labute approximate surface area is 144 Å². The molecule has 21 heavy (non-hydrogen) atoms. The van der Waals surface area contributed by atoms with Crippen LogP contribution in [-0.2, 0) is 0 Å². The van der Waals surface area contributed by atoms with E-state index < -0.39 is 0 Å². The molecule has 0 aliphatic rings. The number of halogens is 3. The van der Waals surface area contributed by atoms with Gasteiger partial charge in [0.15, 0.2) is 0 Å². The Morgan fingerprint density at radius 2 is 1.52 bits per heavy atom. The van der Waals surface area contributed by atoms with Gasteiger partial charge in [-0.25, -0.2) is 0 Å². The number of para-hydroxylation sites is 1. The molecule has 0 aliphatic heterocycles. The molecule has 0 amide bonds. The van der Waals surface area contributed by atoms with Crippen LogP contribution >= 0.6 is 43.5 Å². The summed E-state index contributed by atoms with van der Waals surface area (Å²) in [6, 6.07) is 17.9. The van der Waals surface area contributed by atoms with Crippen LogP contribution in [0.3, 0.4) is 0 Å². The summed E-state index contributed by atoms with van der Waals surface area (Å²) >= 11 is 13.2. The highest BCUT2D eigenvalue weighted by Gasteiger charge is 2.08. The molecule has 0 aliphatic carbocycles. The van der Waals surface area contributed by atoms with E-state index in [-0.39, 0.29) is 0 Å². The smallest absolute Gasteiger partial charge is 0.0702 e. The largest absolute Gasteiger partial charge is 0.256 e. The SMILES string of the molecule is Clc1ccc(/C(Br)=C(\Br)c2cnc3ccccc3c2)cc1. The van der Waals surface area contributed by atoms with Crippen molar-refractivity contribution in [3.05, 3.63) is 76.9 Å². The van der Waals surface area contributed by atoms with Gasteiger partial charge >= 0.3 is 0 Å². The van der Waals surface area contributed by atoms with Crippen molar-refractivity contribution in [1.82, 2.24) is 4.98 Å². The number of aromatic nitrogens is 1. The normalized spacial score (nSPS) is 12.3. The topological polar surface area (TPSA) is 12.9 Å². The average molecular weight is 424 g/mol. The van der Waals surface area contributed by atoms with E-state index in [1.165, 1.54) is 0 Å². The molecule has 0 N–H and O–H groups in total. The van der Waals surface area contributed by atoms with Crippen molar-refractivity contribution in [2.75, 3.05) is 0 Å². The zero-order chi connectivity index (χ0) is 14.8. The van der Waals surface area contributed by atoms with Gasteiger partial charge in [-0.1, -0.05) is 41.9 Å². The number of pyridine rings is 1. The van der Waals surface area contributed by atoms with Crippen LogP contribution in [0.4, 0.5) is 0 Å². The number of benzene rings is 2. The van der Waals surface area contributed by atoms with E-state index in [1.54, 1.807) is 0 Å². The van der Waals surface area contributed by atoms with Gasteiger partial charge < -0.3 is 0 Å². The molecule has 0 unspecified atom stereocenters. The van der Waals surface area contributed by atoms with E-state index in [0.717, 1.165) is 36.0 Å². The summed E-state index contributed by atoms with van der Waals surface area (Å²) < 4.78 is 1.93. The van der Waals surface area contributed by atoms with Gasteiger partial charge in [0.25, 0.3) is 0 Å². The van der Waals surface area contributed by atoms with E-state index in [4.69, 9.17) is 11.6 Å². The molecule has 0 bridgehead atoms. The third-order valence-electron chi connectivity index (χ3n) is 3.13. The highest BCUT2D eigenvalue weighted by molar-refractivity contribution is 9.18. The summed E-state index contributed by atoms with van der Waals surface area (Å²) in [6.07, 6.45) is 1.86. The van der Waals surface area contributed by atoms with Gasteiger partial charge in [-0.15, -0.1) is 0 Å².